The maximum Gasteiger partial charge on any atom is 0.249 e. The van der Waals surface area contributed by atoms with E-state index in [0.29, 0.717) is 13.0 Å². The molecule has 0 aromatic carbocycles. The highest BCUT2D eigenvalue weighted by molar-refractivity contribution is 6.00. The highest BCUT2D eigenvalue weighted by atomic mass is 16.5. The average molecular weight is 294 g/mol. The lowest BCUT2D eigenvalue weighted by atomic mass is 9.83. The van der Waals surface area contributed by atoms with Crippen LogP contribution in [-0.4, -0.2) is 47.0 Å². The molecule has 1 N–H and O–H groups in total. The predicted octanol–water partition coefficient (Wildman–Crippen LogP) is 1.61. The molecular weight excluding hydrogens is 268 g/mol. The zero-order valence-electron chi connectivity index (χ0n) is 13.1. The lowest BCUT2D eigenvalue weighted by molar-refractivity contribution is -0.168. The summed E-state index contributed by atoms with van der Waals surface area (Å²) in [6.45, 7) is 5.35. The van der Waals surface area contributed by atoms with E-state index in [1.54, 1.807) is 0 Å². The summed E-state index contributed by atoms with van der Waals surface area (Å²) in [6, 6.07) is -0.351. The fraction of sp³-hybridized carbons (Fsp3) is 0.875. The van der Waals surface area contributed by atoms with Gasteiger partial charge in [-0.1, -0.05) is 19.8 Å². The van der Waals surface area contributed by atoms with Gasteiger partial charge in [-0.3, -0.25) is 9.59 Å². The van der Waals surface area contributed by atoms with Gasteiger partial charge in [0, 0.05) is 6.61 Å². The van der Waals surface area contributed by atoms with Crippen LogP contribution in [0.4, 0.5) is 0 Å². The Bertz CT molecular complexity index is 437. The quantitative estimate of drug-likeness (QED) is 0.841. The minimum absolute atomic E-state index is 0.0193. The van der Waals surface area contributed by atoms with Gasteiger partial charge in [-0.25, -0.2) is 0 Å². The lowest BCUT2D eigenvalue weighted by Crippen LogP contribution is -2.74. The van der Waals surface area contributed by atoms with Crippen molar-refractivity contribution in [3.05, 3.63) is 0 Å². The molecule has 0 aromatic heterocycles. The molecule has 0 aromatic rings. The third-order valence-corrected chi connectivity index (χ3v) is 5.45. The van der Waals surface area contributed by atoms with Crippen molar-refractivity contribution in [2.24, 2.45) is 0 Å². The normalized spacial score (nSPS) is 36.1. The summed E-state index contributed by atoms with van der Waals surface area (Å²) in [4.78, 5) is 27.7. The van der Waals surface area contributed by atoms with Crippen LogP contribution < -0.4 is 5.32 Å². The van der Waals surface area contributed by atoms with Crippen LogP contribution in [0.15, 0.2) is 0 Å². The maximum absolute atomic E-state index is 13.2. The highest BCUT2D eigenvalue weighted by Crippen LogP contribution is 2.39. The van der Waals surface area contributed by atoms with Crippen LogP contribution in [0.2, 0.25) is 0 Å². The van der Waals surface area contributed by atoms with Crippen molar-refractivity contribution in [1.29, 1.82) is 0 Å². The molecule has 2 saturated heterocycles. The molecule has 5 heteroatoms. The molecule has 3 rings (SSSR count). The molecule has 2 unspecified atom stereocenters. The van der Waals surface area contributed by atoms with Crippen molar-refractivity contribution in [3.63, 3.8) is 0 Å². The Hall–Kier alpha value is -1.10. The number of amides is 2. The predicted molar refractivity (Wildman–Crippen MR) is 78.7 cm³/mol. The van der Waals surface area contributed by atoms with Gasteiger partial charge in [0.2, 0.25) is 11.8 Å². The summed E-state index contributed by atoms with van der Waals surface area (Å²) in [7, 11) is 0. The summed E-state index contributed by atoms with van der Waals surface area (Å²) in [6.07, 6.45) is 6.11. The van der Waals surface area contributed by atoms with E-state index >= 15 is 0 Å². The Kier molecular flexibility index (Phi) is 3.72. The maximum atomic E-state index is 13.2. The van der Waals surface area contributed by atoms with Gasteiger partial charge in [0.25, 0.3) is 0 Å². The second-order valence-electron chi connectivity index (χ2n) is 7.03. The molecule has 2 atom stereocenters. The molecule has 2 amide bonds. The van der Waals surface area contributed by atoms with Crippen LogP contribution in [0.1, 0.15) is 58.8 Å². The first-order chi connectivity index (χ1) is 10.0. The SMILES string of the molecule is CCC1C(=O)NC2(CCCC2)C(=O)N1C1(C)CCCOC1. The molecule has 21 heavy (non-hydrogen) atoms. The van der Waals surface area contributed by atoms with E-state index in [9.17, 15) is 9.59 Å². The number of nitrogens with one attached hydrogen (secondary N) is 1. The van der Waals surface area contributed by atoms with Crippen LogP contribution >= 0.6 is 0 Å². The number of hydrogen-bond donors (Lipinski definition) is 1. The smallest absolute Gasteiger partial charge is 0.249 e. The van der Waals surface area contributed by atoms with Crippen molar-refractivity contribution in [2.75, 3.05) is 13.2 Å². The van der Waals surface area contributed by atoms with Gasteiger partial charge in [0.15, 0.2) is 0 Å². The second kappa shape index (κ2) is 5.27. The van der Waals surface area contributed by atoms with Crippen molar-refractivity contribution in [2.45, 2.75) is 75.9 Å². The van der Waals surface area contributed by atoms with Gasteiger partial charge in [0.1, 0.15) is 11.6 Å². The number of ether oxygens (including phenoxy) is 1. The Morgan fingerprint density at radius 2 is 1.95 bits per heavy atom. The summed E-state index contributed by atoms with van der Waals surface area (Å²) < 4.78 is 5.64. The molecule has 3 fully saturated rings. The molecule has 0 radical (unpaired) electrons. The number of carbonyl (C=O) groups is 2. The van der Waals surface area contributed by atoms with Gasteiger partial charge in [-0.05, 0) is 39.0 Å². The largest absolute Gasteiger partial charge is 0.379 e. The summed E-state index contributed by atoms with van der Waals surface area (Å²) in [5.41, 5.74) is -0.980. The lowest BCUT2D eigenvalue weighted by Gasteiger charge is -2.53. The first-order valence-corrected chi connectivity index (χ1v) is 8.26. The molecule has 3 aliphatic rings. The molecular formula is C16H26N2O3. The van der Waals surface area contributed by atoms with E-state index in [0.717, 1.165) is 45.1 Å². The number of piperazine rings is 1. The first-order valence-electron chi connectivity index (χ1n) is 8.26. The fourth-order valence-electron chi connectivity index (χ4n) is 4.28. The van der Waals surface area contributed by atoms with Crippen LogP contribution in [0.25, 0.3) is 0 Å². The van der Waals surface area contributed by atoms with Gasteiger partial charge < -0.3 is 15.0 Å². The Morgan fingerprint density at radius 1 is 1.24 bits per heavy atom. The van der Waals surface area contributed by atoms with E-state index in [2.05, 4.69) is 12.2 Å². The zero-order chi connectivity index (χ0) is 15.1. The fourth-order valence-corrected chi connectivity index (χ4v) is 4.28. The second-order valence-corrected chi connectivity index (χ2v) is 7.03. The number of nitrogens with zero attached hydrogens (tertiary/aromatic N) is 1. The van der Waals surface area contributed by atoms with Crippen molar-refractivity contribution in [1.82, 2.24) is 10.2 Å². The Balaban J connectivity index is 1.96. The number of hydrogen-bond acceptors (Lipinski definition) is 3. The van der Waals surface area contributed by atoms with Crippen LogP contribution in [0.5, 0.6) is 0 Å². The van der Waals surface area contributed by atoms with Crippen molar-refractivity contribution < 1.29 is 14.3 Å². The topological polar surface area (TPSA) is 58.6 Å². The van der Waals surface area contributed by atoms with E-state index in [4.69, 9.17) is 4.74 Å². The Morgan fingerprint density at radius 3 is 2.52 bits per heavy atom. The van der Waals surface area contributed by atoms with E-state index in [-0.39, 0.29) is 23.4 Å². The van der Waals surface area contributed by atoms with Crippen LogP contribution in [0.3, 0.4) is 0 Å². The molecule has 5 nitrogen and oxygen atoms in total. The number of carbonyl (C=O) groups excluding carboxylic acids is 2. The summed E-state index contributed by atoms with van der Waals surface area (Å²) >= 11 is 0. The zero-order valence-corrected chi connectivity index (χ0v) is 13.1. The summed E-state index contributed by atoms with van der Waals surface area (Å²) in [5, 5.41) is 3.06. The van der Waals surface area contributed by atoms with E-state index in [1.165, 1.54) is 0 Å². The standard InChI is InChI=1S/C16H26N2O3/c1-3-12-13(19)17-16(8-4-5-9-16)14(20)18(12)15(2)7-6-10-21-11-15/h12H,3-11H2,1-2H3,(H,17,19). The average Bonchev–Trinajstić information content (AvgIpc) is 2.92. The third kappa shape index (κ3) is 2.26. The highest BCUT2D eigenvalue weighted by Gasteiger charge is 2.56. The van der Waals surface area contributed by atoms with Crippen molar-refractivity contribution >= 4 is 11.8 Å². The Labute approximate surface area is 126 Å². The van der Waals surface area contributed by atoms with E-state index in [1.807, 2.05) is 11.8 Å². The first kappa shape index (κ1) is 14.8. The van der Waals surface area contributed by atoms with E-state index < -0.39 is 5.54 Å². The molecule has 2 heterocycles. The number of rotatable bonds is 2. The van der Waals surface area contributed by atoms with Crippen LogP contribution in [-0.2, 0) is 14.3 Å². The third-order valence-electron chi connectivity index (χ3n) is 5.45. The molecule has 1 aliphatic carbocycles. The molecule has 0 bridgehead atoms. The van der Waals surface area contributed by atoms with Gasteiger partial charge in [-0.2, -0.15) is 0 Å². The summed E-state index contributed by atoms with van der Waals surface area (Å²) in [5.74, 6) is 0.144. The van der Waals surface area contributed by atoms with Crippen molar-refractivity contribution in [3.8, 4) is 0 Å². The van der Waals surface area contributed by atoms with Gasteiger partial charge in [-0.15, -0.1) is 0 Å². The molecule has 1 spiro atoms. The molecule has 2 aliphatic heterocycles. The van der Waals surface area contributed by atoms with Crippen LogP contribution in [0, 0.1) is 0 Å². The molecule has 1 saturated carbocycles. The minimum Gasteiger partial charge on any atom is -0.379 e. The van der Waals surface area contributed by atoms with Gasteiger partial charge >= 0.3 is 0 Å². The minimum atomic E-state index is -0.636. The van der Waals surface area contributed by atoms with Gasteiger partial charge in [0.05, 0.1) is 12.1 Å². The molecule has 118 valence electrons. The monoisotopic (exact) mass is 294 g/mol.